The van der Waals surface area contributed by atoms with Gasteiger partial charge in [0.15, 0.2) is 5.78 Å². The first-order chi connectivity index (χ1) is 5.99. The molecule has 0 fully saturated rings. The van der Waals surface area contributed by atoms with E-state index in [0.29, 0.717) is 11.8 Å². The van der Waals surface area contributed by atoms with Crippen LogP contribution in [0.4, 0.5) is 0 Å². The van der Waals surface area contributed by atoms with Crippen molar-refractivity contribution in [2.45, 2.75) is 46.2 Å². The van der Waals surface area contributed by atoms with Gasteiger partial charge in [0.2, 0.25) is 0 Å². The Balaban J connectivity index is 4.15. The lowest BCUT2D eigenvalue weighted by Crippen LogP contribution is -2.43. The van der Waals surface area contributed by atoms with Crippen molar-refractivity contribution in [3.63, 3.8) is 0 Å². The highest BCUT2D eigenvalue weighted by Gasteiger charge is 2.20. The summed E-state index contributed by atoms with van der Waals surface area (Å²) in [6, 6.07) is 0.338. The molecule has 0 saturated heterocycles. The molecule has 1 N–H and O–H groups in total. The van der Waals surface area contributed by atoms with E-state index in [0.717, 1.165) is 12.2 Å². The van der Waals surface area contributed by atoms with E-state index in [4.69, 9.17) is 0 Å². The van der Waals surface area contributed by atoms with Crippen LogP contribution in [0.25, 0.3) is 0 Å². The summed E-state index contributed by atoms with van der Waals surface area (Å²) in [4.78, 5) is 11.7. The zero-order chi connectivity index (χ0) is 10.4. The number of hydrogen-bond donors (Lipinski definition) is 2. The molecule has 2 nitrogen and oxygen atoms in total. The molecule has 13 heavy (non-hydrogen) atoms. The number of rotatable bonds is 6. The second-order valence-corrected chi connectivity index (χ2v) is 4.39. The van der Waals surface area contributed by atoms with Crippen LogP contribution in [0.1, 0.15) is 34.1 Å². The predicted octanol–water partition coefficient (Wildman–Crippen LogP) is 1.90. The van der Waals surface area contributed by atoms with Crippen molar-refractivity contribution >= 4 is 18.4 Å². The van der Waals surface area contributed by atoms with Gasteiger partial charge in [0.1, 0.15) is 0 Å². The molecule has 0 aliphatic rings. The maximum atomic E-state index is 11.7. The van der Waals surface area contributed by atoms with Gasteiger partial charge in [-0.05, 0) is 12.2 Å². The highest BCUT2D eigenvalue weighted by Crippen LogP contribution is 2.05. The lowest BCUT2D eigenvalue weighted by Gasteiger charge is -2.21. The molecule has 0 aliphatic heterocycles. The van der Waals surface area contributed by atoms with Crippen LogP contribution in [-0.2, 0) is 4.79 Å². The van der Waals surface area contributed by atoms with Crippen LogP contribution >= 0.6 is 12.6 Å². The minimum absolute atomic E-state index is 0.0162. The third-order valence-electron chi connectivity index (χ3n) is 1.86. The summed E-state index contributed by atoms with van der Waals surface area (Å²) in [5.74, 6) is 1.15. The summed E-state index contributed by atoms with van der Waals surface area (Å²) in [6.07, 6.45) is 0.818. The first kappa shape index (κ1) is 13.0. The van der Waals surface area contributed by atoms with Crippen LogP contribution < -0.4 is 5.32 Å². The van der Waals surface area contributed by atoms with Crippen LogP contribution in [0.2, 0.25) is 0 Å². The van der Waals surface area contributed by atoms with E-state index >= 15 is 0 Å². The Morgan fingerprint density at radius 1 is 1.31 bits per heavy atom. The number of nitrogens with one attached hydrogen (secondary N) is 1. The van der Waals surface area contributed by atoms with Gasteiger partial charge in [-0.15, -0.1) is 0 Å². The summed E-state index contributed by atoms with van der Waals surface area (Å²) in [5, 5.41) is 3.26. The molecule has 0 aromatic heterocycles. The maximum absolute atomic E-state index is 11.7. The van der Waals surface area contributed by atoms with Gasteiger partial charge in [-0.3, -0.25) is 4.79 Å². The molecule has 0 amide bonds. The zero-order valence-corrected chi connectivity index (χ0v) is 9.90. The van der Waals surface area contributed by atoms with E-state index in [2.05, 4.69) is 31.8 Å². The molecule has 0 saturated carbocycles. The predicted molar refractivity (Wildman–Crippen MR) is 60.4 cm³/mol. The van der Waals surface area contributed by atoms with Gasteiger partial charge in [0, 0.05) is 12.0 Å². The average Bonchev–Trinajstić information content (AvgIpc) is 2.01. The number of ketones is 1. The van der Waals surface area contributed by atoms with E-state index in [9.17, 15) is 4.79 Å². The second-order valence-electron chi connectivity index (χ2n) is 3.94. The van der Waals surface area contributed by atoms with Gasteiger partial charge < -0.3 is 5.32 Å². The van der Waals surface area contributed by atoms with Gasteiger partial charge >= 0.3 is 0 Å². The molecular weight excluding hydrogens is 182 g/mol. The molecule has 0 rings (SSSR count). The smallest absolute Gasteiger partial charge is 0.152 e. The Morgan fingerprint density at radius 3 is 2.15 bits per heavy atom. The van der Waals surface area contributed by atoms with Crippen molar-refractivity contribution in [3.8, 4) is 0 Å². The van der Waals surface area contributed by atoms with Gasteiger partial charge in [0.05, 0.1) is 6.04 Å². The molecule has 0 unspecified atom stereocenters. The van der Waals surface area contributed by atoms with Gasteiger partial charge in [-0.25, -0.2) is 0 Å². The Hall–Kier alpha value is -0.0200. The first-order valence-electron chi connectivity index (χ1n) is 4.89. The fraction of sp³-hybridized carbons (Fsp3) is 0.900. The molecule has 0 radical (unpaired) electrons. The first-order valence-corrected chi connectivity index (χ1v) is 5.53. The molecule has 0 spiro atoms. The minimum atomic E-state index is -0.0162. The molecule has 3 heteroatoms. The van der Waals surface area contributed by atoms with Crippen molar-refractivity contribution in [2.24, 2.45) is 5.92 Å². The van der Waals surface area contributed by atoms with E-state index in [1.807, 2.05) is 13.8 Å². The number of carbonyl (C=O) groups excluding carboxylic acids is 1. The Kier molecular flexibility index (Phi) is 6.43. The third kappa shape index (κ3) is 5.32. The van der Waals surface area contributed by atoms with Crippen molar-refractivity contribution in [1.29, 1.82) is 0 Å². The molecule has 0 aromatic rings. The minimum Gasteiger partial charge on any atom is -0.305 e. The van der Waals surface area contributed by atoms with E-state index < -0.39 is 0 Å². The number of hydrogen-bond acceptors (Lipinski definition) is 3. The van der Waals surface area contributed by atoms with E-state index in [-0.39, 0.29) is 12.0 Å². The number of carbonyl (C=O) groups is 1. The second kappa shape index (κ2) is 6.44. The van der Waals surface area contributed by atoms with E-state index in [1.54, 1.807) is 0 Å². The van der Waals surface area contributed by atoms with E-state index in [1.165, 1.54) is 0 Å². The summed E-state index contributed by atoms with van der Waals surface area (Å²) in [7, 11) is 0. The van der Waals surface area contributed by atoms with Crippen LogP contribution in [0.5, 0.6) is 0 Å². The normalized spacial score (nSPS) is 13.8. The highest BCUT2D eigenvalue weighted by molar-refractivity contribution is 7.80. The molecule has 0 bridgehead atoms. The average molecular weight is 203 g/mol. The quantitative estimate of drug-likeness (QED) is 0.646. The number of thiol groups is 1. The maximum Gasteiger partial charge on any atom is 0.152 e. The lowest BCUT2D eigenvalue weighted by molar-refractivity contribution is -0.124. The summed E-state index contributed by atoms with van der Waals surface area (Å²) in [6.45, 7) is 7.99. The highest BCUT2D eigenvalue weighted by atomic mass is 32.1. The molecular formula is C10H21NOS. The van der Waals surface area contributed by atoms with Crippen LogP contribution in [0, 0.1) is 5.92 Å². The molecule has 0 aliphatic carbocycles. The van der Waals surface area contributed by atoms with Crippen LogP contribution in [0.3, 0.4) is 0 Å². The third-order valence-corrected chi connectivity index (χ3v) is 2.12. The fourth-order valence-electron chi connectivity index (χ4n) is 1.24. The van der Waals surface area contributed by atoms with Gasteiger partial charge in [-0.1, -0.05) is 27.7 Å². The Bertz CT molecular complexity index is 157. The topological polar surface area (TPSA) is 29.1 Å². The standard InChI is InChI=1S/C10H21NOS/c1-7(2)10(12)9(5-6-13)11-8(3)4/h7-9,11,13H,5-6H2,1-4H3/t9-/m0/s1. The van der Waals surface area contributed by atoms with Crippen molar-refractivity contribution in [3.05, 3.63) is 0 Å². The van der Waals surface area contributed by atoms with Gasteiger partial charge in [0.25, 0.3) is 0 Å². The monoisotopic (exact) mass is 203 g/mol. The number of Topliss-reactive ketones (excluding diaryl/α,β-unsaturated/α-hetero) is 1. The molecule has 1 atom stereocenters. The SMILES string of the molecule is CC(C)N[C@@H](CCS)C(=O)C(C)C. The largest absolute Gasteiger partial charge is 0.305 e. The lowest BCUT2D eigenvalue weighted by atomic mass is 9.99. The molecule has 0 aromatic carbocycles. The molecule has 78 valence electrons. The summed E-state index contributed by atoms with van der Waals surface area (Å²) >= 11 is 4.15. The van der Waals surface area contributed by atoms with Crippen molar-refractivity contribution in [2.75, 3.05) is 5.75 Å². The Labute approximate surface area is 86.9 Å². The fourth-order valence-corrected chi connectivity index (χ4v) is 1.50. The summed E-state index contributed by atoms with van der Waals surface area (Å²) < 4.78 is 0. The Morgan fingerprint density at radius 2 is 1.85 bits per heavy atom. The van der Waals surface area contributed by atoms with Crippen LogP contribution in [0.15, 0.2) is 0 Å². The molecule has 0 heterocycles. The summed E-state index contributed by atoms with van der Waals surface area (Å²) in [5.41, 5.74) is 0. The van der Waals surface area contributed by atoms with Crippen molar-refractivity contribution in [1.82, 2.24) is 5.32 Å². The zero-order valence-electron chi connectivity index (χ0n) is 9.00. The van der Waals surface area contributed by atoms with Crippen LogP contribution in [-0.4, -0.2) is 23.6 Å². The van der Waals surface area contributed by atoms with Gasteiger partial charge in [-0.2, -0.15) is 12.6 Å². The van der Waals surface area contributed by atoms with Crippen molar-refractivity contribution < 1.29 is 4.79 Å².